The summed E-state index contributed by atoms with van der Waals surface area (Å²) in [6.07, 6.45) is 4.40. The van der Waals surface area contributed by atoms with E-state index in [9.17, 15) is 52.8 Å². The van der Waals surface area contributed by atoms with Crippen molar-refractivity contribution in [3.05, 3.63) is 101 Å². The number of halogens is 7. The number of sulfonamides is 2. The van der Waals surface area contributed by atoms with E-state index in [1.54, 1.807) is 36.5 Å². The normalized spacial score (nSPS) is 22.2. The van der Waals surface area contributed by atoms with E-state index in [0.717, 1.165) is 70.8 Å². The summed E-state index contributed by atoms with van der Waals surface area (Å²) < 4.78 is 150. The van der Waals surface area contributed by atoms with Gasteiger partial charge in [0, 0.05) is 55.2 Å². The zero-order valence-electron chi connectivity index (χ0n) is 52.0. The molecule has 93 heavy (non-hydrogen) atoms. The van der Waals surface area contributed by atoms with Crippen LogP contribution in [0.2, 0.25) is 5.15 Å². The fraction of sp³-hybridized carbons (Fsp3) is 0.548. The Bertz CT molecular complexity index is 3890. The maximum absolute atomic E-state index is 13.7. The molecule has 3 aliphatic heterocycles. The Balaban J connectivity index is 0.000000203. The monoisotopic (exact) mass is 1360 g/mol. The van der Waals surface area contributed by atoms with Gasteiger partial charge in [0.25, 0.3) is 31.9 Å². The van der Waals surface area contributed by atoms with E-state index >= 15 is 0 Å². The molecule has 6 aromatic rings. The van der Waals surface area contributed by atoms with Crippen molar-refractivity contribution in [2.75, 3.05) is 54.9 Å². The molecule has 31 heteroatoms. The van der Waals surface area contributed by atoms with Crippen LogP contribution >= 0.6 is 11.6 Å². The molecule has 0 spiro atoms. The van der Waals surface area contributed by atoms with Crippen molar-refractivity contribution in [1.29, 1.82) is 0 Å². The van der Waals surface area contributed by atoms with Crippen LogP contribution in [-0.4, -0.2) is 131 Å². The first-order chi connectivity index (χ1) is 44.0. The van der Waals surface area contributed by atoms with Gasteiger partial charge in [0.2, 0.25) is 11.8 Å². The van der Waals surface area contributed by atoms with Crippen LogP contribution in [0.5, 0.6) is 11.8 Å². The van der Waals surface area contributed by atoms with E-state index in [-0.39, 0.29) is 107 Å². The lowest BCUT2D eigenvalue weighted by Crippen LogP contribution is -2.43. The Morgan fingerprint density at radius 3 is 2.04 bits per heavy atom. The molecule has 9 heterocycles. The Kier molecular flexibility index (Phi) is 20.3. The minimum Gasteiger partial charge on any atom is -0.477 e. The topological polar surface area (TPSA) is 271 Å². The summed E-state index contributed by atoms with van der Waals surface area (Å²) in [5.41, 5.74) is -3.59. The van der Waals surface area contributed by atoms with Gasteiger partial charge in [-0.15, -0.1) is 10.2 Å². The van der Waals surface area contributed by atoms with Gasteiger partial charge in [-0.1, -0.05) is 50.4 Å². The largest absolute Gasteiger partial charge is 0.477 e. The third-order valence-corrected chi connectivity index (χ3v) is 21.0. The van der Waals surface area contributed by atoms with Crippen molar-refractivity contribution >= 4 is 60.9 Å². The van der Waals surface area contributed by atoms with Crippen LogP contribution < -0.4 is 39.8 Å². The minimum absolute atomic E-state index is 0.0879. The van der Waals surface area contributed by atoms with Crippen LogP contribution in [0.3, 0.4) is 0 Å². The number of aromatic nitrogens is 8. The number of amides is 2. The number of pyridine rings is 4. The Labute approximate surface area is 541 Å². The second-order valence-electron chi connectivity index (χ2n) is 25.4. The molecule has 22 nitrogen and oxygen atoms in total. The number of carbonyl (C=O) groups is 2. The molecule has 6 aromatic heterocycles. The molecule has 4 fully saturated rings. The molecule has 5 N–H and O–H groups in total. The number of ether oxygens (including phenoxy) is 2. The molecule has 504 valence electrons. The Morgan fingerprint density at radius 1 is 0.785 bits per heavy atom. The lowest BCUT2D eigenvalue weighted by molar-refractivity contribution is -0.190. The molecule has 0 radical (unpaired) electrons. The van der Waals surface area contributed by atoms with E-state index in [4.69, 9.17) is 26.1 Å². The van der Waals surface area contributed by atoms with Crippen LogP contribution in [0, 0.1) is 22.7 Å². The average Bonchev–Trinajstić information content (AvgIpc) is 1.68. The van der Waals surface area contributed by atoms with Gasteiger partial charge in [-0.2, -0.15) is 43.2 Å². The molecule has 4 bridgehead atoms. The van der Waals surface area contributed by atoms with Crippen LogP contribution in [0.4, 0.5) is 43.8 Å². The van der Waals surface area contributed by atoms with E-state index < -0.39 is 55.0 Å². The molecule has 11 rings (SSSR count). The molecule has 2 amide bonds. The molecule has 4 atom stereocenters. The van der Waals surface area contributed by atoms with Gasteiger partial charge in [0.1, 0.15) is 22.6 Å². The summed E-state index contributed by atoms with van der Waals surface area (Å²) in [5.74, 6) is 0.960. The lowest BCUT2D eigenvalue weighted by Gasteiger charge is -2.37. The summed E-state index contributed by atoms with van der Waals surface area (Å²) in [6, 6.07) is 17.8. The maximum atomic E-state index is 13.7. The van der Waals surface area contributed by atoms with Crippen LogP contribution in [0.1, 0.15) is 151 Å². The van der Waals surface area contributed by atoms with Gasteiger partial charge in [-0.3, -0.25) is 9.59 Å². The second kappa shape index (κ2) is 27.6. The van der Waals surface area contributed by atoms with Crippen molar-refractivity contribution in [3.8, 4) is 23.4 Å². The zero-order valence-corrected chi connectivity index (χ0v) is 54.4. The van der Waals surface area contributed by atoms with Crippen molar-refractivity contribution in [2.45, 2.75) is 164 Å². The minimum atomic E-state index is -4.34. The lowest BCUT2D eigenvalue weighted by atomic mass is 9.88. The fourth-order valence-electron chi connectivity index (χ4n) is 12.8. The number of anilines is 3. The summed E-state index contributed by atoms with van der Waals surface area (Å²) in [5, 5.41) is 17.6. The van der Waals surface area contributed by atoms with Crippen LogP contribution in [-0.2, 0) is 20.0 Å². The second-order valence-corrected chi connectivity index (χ2v) is 29.0. The van der Waals surface area contributed by atoms with E-state index in [1.165, 1.54) is 58.0 Å². The first kappa shape index (κ1) is 68.5. The van der Waals surface area contributed by atoms with Gasteiger partial charge < -0.3 is 30.3 Å². The first-order valence-corrected chi connectivity index (χ1v) is 34.7. The van der Waals surface area contributed by atoms with Gasteiger partial charge in [0.05, 0.1) is 35.2 Å². The van der Waals surface area contributed by atoms with E-state index in [1.807, 2.05) is 4.72 Å². The number of alkyl halides is 6. The van der Waals surface area contributed by atoms with Gasteiger partial charge >= 0.3 is 12.4 Å². The summed E-state index contributed by atoms with van der Waals surface area (Å²) in [4.78, 5) is 46.1. The first-order valence-electron chi connectivity index (χ1n) is 31.3. The third-order valence-electron chi connectivity index (χ3n) is 18.2. The van der Waals surface area contributed by atoms with E-state index in [2.05, 4.69) is 78.4 Å². The molecule has 2 saturated carbocycles. The molecule has 4 unspecified atom stereocenters. The molecule has 5 aliphatic rings. The predicted molar refractivity (Wildman–Crippen MR) is 335 cm³/mol. The Hall–Kier alpha value is -7.31. The quantitative estimate of drug-likeness (QED) is 0.0240. The molecule has 0 aromatic carbocycles. The average molecular weight is 1360 g/mol. The number of nitrogens with zero attached hydrogens (tertiary/aromatic N) is 9. The van der Waals surface area contributed by atoms with Crippen molar-refractivity contribution in [3.63, 3.8) is 0 Å². The number of fused-ring (bicyclic) bond motifs is 6. The highest BCUT2D eigenvalue weighted by Gasteiger charge is 2.63. The summed E-state index contributed by atoms with van der Waals surface area (Å²) in [6.45, 7) is 11.3. The highest BCUT2D eigenvalue weighted by atomic mass is 35.5. The molecular formula is C62H77ClF6N14O8S2. The van der Waals surface area contributed by atoms with Crippen LogP contribution in [0.25, 0.3) is 11.6 Å². The number of hydrogen-bond donors (Lipinski definition) is 5. The van der Waals surface area contributed by atoms with Crippen molar-refractivity contribution < 1.29 is 62.2 Å². The smallest absolute Gasteiger partial charge is 0.394 e. The summed E-state index contributed by atoms with van der Waals surface area (Å²) >= 11 is 6.24. The van der Waals surface area contributed by atoms with Crippen molar-refractivity contribution in [1.82, 2.24) is 54.3 Å². The molecule has 2 saturated heterocycles. The van der Waals surface area contributed by atoms with Gasteiger partial charge in [-0.25, -0.2) is 38.7 Å². The zero-order chi connectivity index (χ0) is 66.6. The summed E-state index contributed by atoms with van der Waals surface area (Å²) in [7, 11) is -8.65. The SMILES string of the molecule is CCCC1(C)CC(CCCNc2cccc(S(=O)(=O)NC(=O)c3ccc(-n4ccc(OCCC5(C(F)(F)F)CC5)n4)nc3Cl)n2)CN1.CCCC1(C)CC2CCCNc3cccc(n3)S(=O)(=O)NC(=O)c3ccc(-n4ccc(OCCC5(C(F)(F)F)CC5)n4)nc3N1C2. The van der Waals surface area contributed by atoms with Gasteiger partial charge in [0.15, 0.2) is 21.7 Å². The maximum Gasteiger partial charge on any atom is 0.394 e. The molecule has 2 aliphatic carbocycles. The number of hydrogen-bond acceptors (Lipinski definition) is 18. The third kappa shape index (κ3) is 16.3. The predicted octanol–water partition coefficient (Wildman–Crippen LogP) is 11.4. The number of rotatable bonds is 22. The van der Waals surface area contributed by atoms with E-state index in [0.29, 0.717) is 54.7 Å². The standard InChI is InChI=1S/C31H39ClF3N7O4S.C31H38F3N7O4S/c1-3-12-29(2)19-21(20-37-29)6-5-16-36-23-7-4-8-26(38-23)47(44,45)41-28(43)22-9-10-24(39-27(22)32)42-17-11-25(40-42)46-18-15-30(13-14-30)31(33,34)35;1-3-12-29(2)19-21-6-5-16-35-23-7-4-8-26(36-23)46(43,44)39-28(42)22-9-10-24(37-27(22)40(29)20-21)41-17-11-25(38-41)45-18-15-30(13-14-30)31(32,33)34/h4,7-11,17,21,37H,3,5-6,12-16,18-20H2,1-2H3,(H,36,38)(H,41,43);4,7-11,17,21H,3,5-6,12-16,18-20H2,1-2H3,(H,35,36)(H,39,42). The van der Waals surface area contributed by atoms with Crippen LogP contribution in [0.15, 0.2) is 95.2 Å². The van der Waals surface area contributed by atoms with Gasteiger partial charge in [-0.05, 0) is 171 Å². The number of carbonyl (C=O) groups excluding carboxylic acids is 2. The highest BCUT2D eigenvalue weighted by molar-refractivity contribution is 7.90. The van der Waals surface area contributed by atoms with Crippen molar-refractivity contribution in [2.24, 2.45) is 22.7 Å². The molecular weight excluding hydrogens is 1280 g/mol. The fourth-order valence-corrected chi connectivity index (χ4v) is 14.9. The Morgan fingerprint density at radius 2 is 1.42 bits per heavy atom. The number of nitrogens with one attached hydrogen (secondary N) is 5. The highest BCUT2D eigenvalue weighted by Crippen LogP contribution is 2.61.